The zero-order valence-electron chi connectivity index (χ0n) is 12.0. The Balaban J connectivity index is 0.00000220. The van der Waals surface area contributed by atoms with Crippen LogP contribution < -0.4 is 10.6 Å². The molecule has 1 amide bonds. The summed E-state index contributed by atoms with van der Waals surface area (Å²) in [5, 5.41) is 6.02. The molecule has 1 heterocycles. The Hall–Kier alpha value is -1.59. The molecule has 1 aliphatic rings. The van der Waals surface area contributed by atoms with Gasteiger partial charge in [0.25, 0.3) is 0 Å². The molecule has 1 fully saturated rings. The maximum absolute atomic E-state index is 12.0. The van der Waals surface area contributed by atoms with Crippen molar-refractivity contribution in [3.63, 3.8) is 0 Å². The van der Waals surface area contributed by atoms with Crippen molar-refractivity contribution in [2.75, 3.05) is 13.7 Å². The van der Waals surface area contributed by atoms with Crippen molar-refractivity contribution in [3.05, 3.63) is 35.9 Å². The average molecular weight is 313 g/mol. The summed E-state index contributed by atoms with van der Waals surface area (Å²) in [5.74, 6) is -0.590. The molecule has 5 nitrogen and oxygen atoms in total. The van der Waals surface area contributed by atoms with Crippen LogP contribution in [-0.2, 0) is 14.3 Å². The van der Waals surface area contributed by atoms with Crippen LogP contribution in [0.5, 0.6) is 0 Å². The number of carbonyl (C=O) groups excluding carboxylic acids is 2. The van der Waals surface area contributed by atoms with Crippen LogP contribution in [0, 0.1) is 0 Å². The molecule has 116 valence electrons. The molecule has 0 aromatic heterocycles. The van der Waals surface area contributed by atoms with E-state index in [1.165, 1.54) is 7.11 Å². The Labute approximate surface area is 130 Å². The van der Waals surface area contributed by atoms with Crippen molar-refractivity contribution in [2.45, 2.75) is 31.3 Å². The molecule has 0 aliphatic carbocycles. The summed E-state index contributed by atoms with van der Waals surface area (Å²) in [6.45, 7) is 0.955. The molecule has 2 unspecified atom stereocenters. The Kier molecular flexibility index (Phi) is 7.19. The molecule has 1 saturated heterocycles. The van der Waals surface area contributed by atoms with E-state index in [9.17, 15) is 9.59 Å². The van der Waals surface area contributed by atoms with Gasteiger partial charge < -0.3 is 15.4 Å². The fourth-order valence-electron chi connectivity index (χ4n) is 2.42. The van der Waals surface area contributed by atoms with Crippen LogP contribution in [0.2, 0.25) is 0 Å². The molecular formula is C15H21ClN2O3. The molecule has 1 aliphatic heterocycles. The first kappa shape index (κ1) is 17.5. The Morgan fingerprint density at radius 3 is 2.67 bits per heavy atom. The van der Waals surface area contributed by atoms with E-state index in [-0.39, 0.29) is 24.4 Å². The molecule has 2 N–H and O–H groups in total. The van der Waals surface area contributed by atoms with Crippen LogP contribution in [0.4, 0.5) is 0 Å². The van der Waals surface area contributed by atoms with Crippen LogP contribution >= 0.6 is 12.4 Å². The molecule has 0 spiro atoms. The fourth-order valence-corrected chi connectivity index (χ4v) is 2.42. The van der Waals surface area contributed by atoms with Gasteiger partial charge in [-0.2, -0.15) is 0 Å². The Morgan fingerprint density at radius 2 is 2.10 bits per heavy atom. The van der Waals surface area contributed by atoms with Gasteiger partial charge in [0, 0.05) is 12.5 Å². The minimum absolute atomic E-state index is 0. The smallest absolute Gasteiger partial charge is 0.333 e. The largest absolute Gasteiger partial charge is 0.467 e. The van der Waals surface area contributed by atoms with E-state index in [0.717, 1.165) is 24.9 Å². The van der Waals surface area contributed by atoms with E-state index >= 15 is 0 Å². The van der Waals surface area contributed by atoms with Gasteiger partial charge in [0.1, 0.15) is 0 Å². The standard InChI is InChI=1S/C15H20N2O3.ClH/c1-20-15(19)14(11-6-3-2-4-7-11)17-13(18)10-12-8-5-9-16-12;/h2-4,6-7,12,14,16H,5,8-10H2,1H3,(H,17,18);1H. The number of halogens is 1. The Morgan fingerprint density at radius 1 is 1.38 bits per heavy atom. The Bertz CT molecular complexity index is 461. The zero-order valence-corrected chi connectivity index (χ0v) is 12.8. The van der Waals surface area contributed by atoms with Crippen molar-refractivity contribution in [1.82, 2.24) is 10.6 Å². The molecule has 1 aromatic rings. The maximum Gasteiger partial charge on any atom is 0.333 e. The van der Waals surface area contributed by atoms with Gasteiger partial charge in [-0.1, -0.05) is 30.3 Å². The summed E-state index contributed by atoms with van der Waals surface area (Å²) < 4.78 is 4.77. The number of carbonyl (C=O) groups is 2. The van der Waals surface area contributed by atoms with Crippen molar-refractivity contribution in [1.29, 1.82) is 0 Å². The van der Waals surface area contributed by atoms with Gasteiger partial charge in [0.05, 0.1) is 7.11 Å². The quantitative estimate of drug-likeness (QED) is 0.810. The highest BCUT2D eigenvalue weighted by Gasteiger charge is 2.25. The van der Waals surface area contributed by atoms with Gasteiger partial charge in [0.15, 0.2) is 6.04 Å². The minimum atomic E-state index is -0.741. The van der Waals surface area contributed by atoms with Crippen LogP contribution in [0.1, 0.15) is 30.9 Å². The lowest BCUT2D eigenvalue weighted by molar-refractivity contribution is -0.145. The summed E-state index contributed by atoms with van der Waals surface area (Å²) in [7, 11) is 1.32. The van der Waals surface area contributed by atoms with Gasteiger partial charge in [-0.25, -0.2) is 4.79 Å². The first-order valence-electron chi connectivity index (χ1n) is 6.86. The highest BCUT2D eigenvalue weighted by Crippen LogP contribution is 2.15. The number of rotatable bonds is 5. The van der Waals surface area contributed by atoms with Crippen LogP contribution in [-0.4, -0.2) is 31.6 Å². The normalized spacial score (nSPS) is 18.4. The maximum atomic E-state index is 12.0. The number of benzene rings is 1. The van der Waals surface area contributed by atoms with E-state index in [4.69, 9.17) is 4.74 Å². The predicted octanol–water partition coefficient (Wildman–Crippen LogP) is 1.58. The summed E-state index contributed by atoms with van der Waals surface area (Å²) in [5.41, 5.74) is 0.729. The molecule has 21 heavy (non-hydrogen) atoms. The number of esters is 1. The van der Waals surface area contributed by atoms with E-state index in [2.05, 4.69) is 10.6 Å². The first-order valence-corrected chi connectivity index (χ1v) is 6.86. The van der Waals surface area contributed by atoms with Crippen molar-refractivity contribution < 1.29 is 14.3 Å². The third-order valence-corrected chi connectivity index (χ3v) is 3.47. The van der Waals surface area contributed by atoms with Crippen molar-refractivity contribution in [2.24, 2.45) is 0 Å². The molecule has 6 heteroatoms. The van der Waals surface area contributed by atoms with E-state index < -0.39 is 12.0 Å². The van der Waals surface area contributed by atoms with E-state index in [1.54, 1.807) is 12.1 Å². The van der Waals surface area contributed by atoms with Crippen molar-refractivity contribution in [3.8, 4) is 0 Å². The number of nitrogens with one attached hydrogen (secondary N) is 2. The summed E-state index contributed by atoms with van der Waals surface area (Å²) in [4.78, 5) is 23.9. The number of hydrogen-bond acceptors (Lipinski definition) is 4. The highest BCUT2D eigenvalue weighted by atomic mass is 35.5. The zero-order chi connectivity index (χ0) is 14.4. The van der Waals surface area contributed by atoms with Crippen LogP contribution in [0.3, 0.4) is 0 Å². The molecule has 0 bridgehead atoms. The number of methoxy groups -OCH3 is 1. The van der Waals surface area contributed by atoms with Gasteiger partial charge in [-0.3, -0.25) is 4.79 Å². The number of ether oxygens (including phenoxy) is 1. The summed E-state index contributed by atoms with van der Waals surface area (Å²) >= 11 is 0. The lowest BCUT2D eigenvalue weighted by atomic mass is 10.1. The second-order valence-corrected chi connectivity index (χ2v) is 4.93. The van der Waals surface area contributed by atoms with Gasteiger partial charge in [-0.05, 0) is 24.9 Å². The number of hydrogen-bond donors (Lipinski definition) is 2. The average Bonchev–Trinajstić information content (AvgIpc) is 2.97. The molecule has 1 aromatic carbocycles. The predicted molar refractivity (Wildman–Crippen MR) is 82.2 cm³/mol. The van der Waals surface area contributed by atoms with Gasteiger partial charge in [0.2, 0.25) is 5.91 Å². The SMILES string of the molecule is COC(=O)C(NC(=O)CC1CCCN1)c1ccccc1.Cl. The second kappa shape index (κ2) is 8.64. The lowest BCUT2D eigenvalue weighted by Crippen LogP contribution is -2.37. The summed E-state index contributed by atoms with van der Waals surface area (Å²) in [6, 6.07) is 8.60. The lowest BCUT2D eigenvalue weighted by Gasteiger charge is -2.18. The third-order valence-electron chi connectivity index (χ3n) is 3.47. The second-order valence-electron chi connectivity index (χ2n) is 4.93. The highest BCUT2D eigenvalue weighted by molar-refractivity contribution is 5.86. The first-order chi connectivity index (χ1) is 9.70. The van der Waals surface area contributed by atoms with Crippen molar-refractivity contribution >= 4 is 24.3 Å². The monoisotopic (exact) mass is 312 g/mol. The van der Waals surface area contributed by atoms with Gasteiger partial charge >= 0.3 is 5.97 Å². The van der Waals surface area contributed by atoms with E-state index in [1.807, 2.05) is 18.2 Å². The topological polar surface area (TPSA) is 67.4 Å². The van der Waals surface area contributed by atoms with Crippen LogP contribution in [0.15, 0.2) is 30.3 Å². The molecule has 2 rings (SSSR count). The minimum Gasteiger partial charge on any atom is -0.467 e. The van der Waals surface area contributed by atoms with Gasteiger partial charge in [-0.15, -0.1) is 12.4 Å². The van der Waals surface area contributed by atoms with E-state index in [0.29, 0.717) is 6.42 Å². The number of amides is 1. The fraction of sp³-hybridized carbons (Fsp3) is 0.467. The molecule has 2 atom stereocenters. The van der Waals surface area contributed by atoms with Crippen LogP contribution in [0.25, 0.3) is 0 Å². The third kappa shape index (κ3) is 5.02. The molecule has 0 radical (unpaired) electrons. The molecular weight excluding hydrogens is 292 g/mol. The summed E-state index contributed by atoms with van der Waals surface area (Å²) in [6.07, 6.45) is 2.49. The molecule has 0 saturated carbocycles.